The van der Waals surface area contributed by atoms with Crippen LogP contribution >= 0.6 is 0 Å². The molecule has 27 heavy (non-hydrogen) atoms. The number of hydrogen-bond donors (Lipinski definition) is 1. The molecular weight excluding hydrogens is 346 g/mol. The lowest BCUT2D eigenvalue weighted by atomic mass is 10.1. The summed E-state index contributed by atoms with van der Waals surface area (Å²) in [6, 6.07) is 12.9. The molecule has 0 saturated carbocycles. The van der Waals surface area contributed by atoms with Crippen LogP contribution in [-0.2, 0) is 11.2 Å². The molecule has 0 radical (unpaired) electrons. The van der Waals surface area contributed by atoms with Crippen molar-refractivity contribution in [3.05, 3.63) is 66.6 Å². The van der Waals surface area contributed by atoms with E-state index in [1.54, 1.807) is 30.6 Å². The molecule has 3 aromatic rings. The van der Waals surface area contributed by atoms with Gasteiger partial charge < -0.3 is 19.5 Å². The summed E-state index contributed by atoms with van der Waals surface area (Å²) in [7, 11) is 0. The largest absolute Gasteiger partial charge is 0.454 e. The van der Waals surface area contributed by atoms with Crippen molar-refractivity contribution in [2.75, 3.05) is 12.1 Å². The van der Waals surface area contributed by atoms with E-state index in [0.29, 0.717) is 30.2 Å². The van der Waals surface area contributed by atoms with Gasteiger partial charge in [-0.05, 0) is 36.2 Å². The van der Waals surface area contributed by atoms with E-state index in [9.17, 15) is 4.79 Å². The van der Waals surface area contributed by atoms with Crippen molar-refractivity contribution in [2.45, 2.75) is 12.8 Å². The highest BCUT2D eigenvalue weighted by Crippen LogP contribution is 2.32. The molecule has 0 unspecified atom stereocenters. The molecule has 0 atom stereocenters. The Morgan fingerprint density at radius 1 is 1.11 bits per heavy atom. The molecule has 7 heteroatoms. The quantitative estimate of drug-likeness (QED) is 0.721. The number of anilines is 1. The van der Waals surface area contributed by atoms with Crippen LogP contribution in [0.15, 0.2) is 61.1 Å². The molecule has 1 N–H and O–H groups in total. The van der Waals surface area contributed by atoms with Gasteiger partial charge in [-0.15, -0.1) is 0 Å². The van der Waals surface area contributed by atoms with E-state index < -0.39 is 0 Å². The fraction of sp³-hybridized carbons (Fsp3) is 0.150. The minimum Gasteiger partial charge on any atom is -0.454 e. The number of nitrogens with one attached hydrogen (secondary N) is 1. The molecule has 136 valence electrons. The second kappa shape index (κ2) is 7.74. The van der Waals surface area contributed by atoms with Crippen molar-refractivity contribution >= 4 is 11.6 Å². The van der Waals surface area contributed by atoms with E-state index in [0.717, 1.165) is 17.1 Å². The van der Waals surface area contributed by atoms with Crippen LogP contribution in [0.25, 0.3) is 0 Å². The molecular formula is C20H17N3O4. The zero-order valence-corrected chi connectivity index (χ0v) is 14.4. The first-order valence-corrected chi connectivity index (χ1v) is 8.48. The zero-order valence-electron chi connectivity index (χ0n) is 14.4. The van der Waals surface area contributed by atoms with E-state index in [2.05, 4.69) is 15.3 Å². The van der Waals surface area contributed by atoms with Crippen LogP contribution in [0.5, 0.6) is 23.1 Å². The molecule has 2 heterocycles. The summed E-state index contributed by atoms with van der Waals surface area (Å²) in [5.74, 6) is 2.35. The smallest absolute Gasteiger partial charge is 0.237 e. The fourth-order valence-electron chi connectivity index (χ4n) is 2.67. The number of rotatable bonds is 6. The standard InChI is InChI=1S/C20H17N3O4/c24-19(7-5-14-4-6-17-18(10-14)26-13-25-17)23-15-2-1-3-16(11-15)27-20-12-21-8-9-22-20/h1-4,6,8-12H,5,7,13H2,(H,23,24). The number of benzene rings is 2. The van der Waals surface area contributed by atoms with E-state index >= 15 is 0 Å². The zero-order chi connectivity index (χ0) is 18.5. The minimum atomic E-state index is -0.0793. The summed E-state index contributed by atoms with van der Waals surface area (Å²) < 4.78 is 16.3. The molecule has 1 aliphatic rings. The van der Waals surface area contributed by atoms with Crippen LogP contribution in [0, 0.1) is 0 Å². The van der Waals surface area contributed by atoms with Crippen molar-refractivity contribution in [1.29, 1.82) is 0 Å². The van der Waals surface area contributed by atoms with Gasteiger partial charge in [-0.25, -0.2) is 4.98 Å². The highest BCUT2D eigenvalue weighted by molar-refractivity contribution is 5.91. The summed E-state index contributed by atoms with van der Waals surface area (Å²) in [4.78, 5) is 20.3. The molecule has 4 rings (SSSR count). The predicted molar refractivity (Wildman–Crippen MR) is 98.1 cm³/mol. The molecule has 1 aliphatic heterocycles. The summed E-state index contributed by atoms with van der Waals surface area (Å²) in [6.07, 6.45) is 5.62. The third-order valence-electron chi connectivity index (χ3n) is 3.96. The second-order valence-corrected chi connectivity index (χ2v) is 5.91. The third-order valence-corrected chi connectivity index (χ3v) is 3.96. The van der Waals surface area contributed by atoms with Gasteiger partial charge >= 0.3 is 0 Å². The molecule has 0 bridgehead atoms. The summed E-state index contributed by atoms with van der Waals surface area (Å²) in [6.45, 7) is 0.242. The van der Waals surface area contributed by atoms with Gasteiger partial charge in [-0.3, -0.25) is 9.78 Å². The number of nitrogens with zero attached hydrogens (tertiary/aromatic N) is 2. The average molecular weight is 363 g/mol. The topological polar surface area (TPSA) is 82.6 Å². The minimum absolute atomic E-state index is 0.0793. The predicted octanol–water partition coefficient (Wildman–Crippen LogP) is 3.57. The van der Waals surface area contributed by atoms with E-state index in [4.69, 9.17) is 14.2 Å². The van der Waals surface area contributed by atoms with Gasteiger partial charge in [0, 0.05) is 30.6 Å². The maximum Gasteiger partial charge on any atom is 0.237 e. The second-order valence-electron chi connectivity index (χ2n) is 5.91. The van der Waals surface area contributed by atoms with Crippen LogP contribution in [-0.4, -0.2) is 22.7 Å². The van der Waals surface area contributed by atoms with Crippen molar-refractivity contribution < 1.29 is 19.0 Å². The van der Waals surface area contributed by atoms with E-state index in [1.807, 2.05) is 24.3 Å². The Hall–Kier alpha value is -3.61. The Balaban J connectivity index is 1.33. The molecule has 1 amide bonds. The van der Waals surface area contributed by atoms with Gasteiger partial charge in [0.05, 0.1) is 6.20 Å². The number of fused-ring (bicyclic) bond motifs is 1. The Morgan fingerprint density at radius 2 is 2.04 bits per heavy atom. The van der Waals surface area contributed by atoms with Crippen molar-refractivity contribution in [2.24, 2.45) is 0 Å². The number of amides is 1. The summed E-state index contributed by atoms with van der Waals surface area (Å²) >= 11 is 0. The Kier molecular flexibility index (Phi) is 4.82. The van der Waals surface area contributed by atoms with Gasteiger partial charge in [0.2, 0.25) is 18.6 Å². The Labute approximate surface area is 155 Å². The van der Waals surface area contributed by atoms with Crippen molar-refractivity contribution in [1.82, 2.24) is 9.97 Å². The first-order chi connectivity index (χ1) is 13.3. The van der Waals surface area contributed by atoms with Crippen LogP contribution in [0.2, 0.25) is 0 Å². The molecule has 0 aliphatic carbocycles. The fourth-order valence-corrected chi connectivity index (χ4v) is 2.67. The monoisotopic (exact) mass is 363 g/mol. The van der Waals surface area contributed by atoms with Crippen LogP contribution < -0.4 is 19.5 Å². The summed E-state index contributed by atoms with van der Waals surface area (Å²) in [5.41, 5.74) is 1.68. The van der Waals surface area contributed by atoms with Crippen molar-refractivity contribution in [3.8, 4) is 23.1 Å². The highest BCUT2D eigenvalue weighted by atomic mass is 16.7. The number of carbonyl (C=O) groups excluding carboxylic acids is 1. The number of aromatic nitrogens is 2. The lowest BCUT2D eigenvalue weighted by Gasteiger charge is -2.08. The van der Waals surface area contributed by atoms with Gasteiger partial charge in [-0.1, -0.05) is 12.1 Å². The van der Waals surface area contributed by atoms with Gasteiger partial charge in [0.1, 0.15) is 5.75 Å². The molecule has 2 aromatic carbocycles. The molecule has 0 fully saturated rings. The third kappa shape index (κ3) is 4.33. The number of carbonyl (C=O) groups is 1. The first-order valence-electron chi connectivity index (χ1n) is 8.48. The van der Waals surface area contributed by atoms with Gasteiger partial charge in [0.25, 0.3) is 0 Å². The lowest BCUT2D eigenvalue weighted by Crippen LogP contribution is -2.12. The van der Waals surface area contributed by atoms with Crippen LogP contribution in [0.4, 0.5) is 5.69 Å². The maximum absolute atomic E-state index is 12.3. The molecule has 1 aromatic heterocycles. The SMILES string of the molecule is O=C(CCc1ccc2c(c1)OCO2)Nc1cccc(Oc2cnccn2)c1. The highest BCUT2D eigenvalue weighted by Gasteiger charge is 2.13. The number of ether oxygens (including phenoxy) is 3. The van der Waals surface area contributed by atoms with E-state index in [-0.39, 0.29) is 12.7 Å². The van der Waals surface area contributed by atoms with Gasteiger partial charge in [-0.2, -0.15) is 0 Å². The van der Waals surface area contributed by atoms with Crippen molar-refractivity contribution in [3.63, 3.8) is 0 Å². The molecule has 7 nitrogen and oxygen atoms in total. The maximum atomic E-state index is 12.3. The molecule has 0 spiro atoms. The number of hydrogen-bond acceptors (Lipinski definition) is 6. The Morgan fingerprint density at radius 3 is 2.93 bits per heavy atom. The van der Waals surface area contributed by atoms with Gasteiger partial charge in [0.15, 0.2) is 11.5 Å². The first kappa shape index (κ1) is 16.8. The Bertz CT molecular complexity index is 947. The number of aryl methyl sites for hydroxylation is 1. The van der Waals surface area contributed by atoms with Crippen LogP contribution in [0.3, 0.4) is 0 Å². The molecule has 0 saturated heterocycles. The van der Waals surface area contributed by atoms with Crippen LogP contribution in [0.1, 0.15) is 12.0 Å². The van der Waals surface area contributed by atoms with E-state index in [1.165, 1.54) is 6.20 Å². The average Bonchev–Trinajstić information content (AvgIpc) is 3.15. The normalized spacial score (nSPS) is 11.9. The lowest BCUT2D eigenvalue weighted by molar-refractivity contribution is -0.116. The summed E-state index contributed by atoms with van der Waals surface area (Å²) in [5, 5.41) is 2.88.